The molecule has 1 aliphatic heterocycles. The standard InChI is InChI=1S/C37H35N11/c1-23(2)39-36-31(26-11-5-4-6-12-26)32(41-37-43-35(46-48(36)37)29-13-7-8-19-38-29)27-17-15-25(16-18-27)20-47-21-28(22-47)33-42-34(45-44-33)30-14-9-10-24(3)40-30/h4-19,23,28,39H,20-22H2,1-3H3,(H,42,44,45). The van der Waals surface area contributed by atoms with Gasteiger partial charge in [0.05, 0.1) is 11.3 Å². The van der Waals surface area contributed by atoms with E-state index in [0.717, 1.165) is 65.0 Å². The van der Waals surface area contributed by atoms with Crippen LogP contribution in [-0.2, 0) is 6.54 Å². The van der Waals surface area contributed by atoms with Crippen LogP contribution in [0.2, 0.25) is 0 Å². The van der Waals surface area contributed by atoms with Gasteiger partial charge >= 0.3 is 0 Å². The summed E-state index contributed by atoms with van der Waals surface area (Å²) in [6.07, 6.45) is 1.75. The lowest BCUT2D eigenvalue weighted by molar-refractivity contribution is 0.135. The maximum absolute atomic E-state index is 5.12. The number of nitrogens with one attached hydrogen (secondary N) is 2. The first kappa shape index (κ1) is 29.6. The smallest absolute Gasteiger partial charge is 0.255 e. The summed E-state index contributed by atoms with van der Waals surface area (Å²) in [5.74, 6) is 3.78. The largest absolute Gasteiger partial charge is 0.367 e. The van der Waals surface area contributed by atoms with Crippen LogP contribution in [-0.4, -0.2) is 68.8 Å². The summed E-state index contributed by atoms with van der Waals surface area (Å²) < 4.78 is 1.80. The van der Waals surface area contributed by atoms with Crippen LogP contribution in [0, 0.1) is 6.92 Å². The molecule has 11 heteroatoms. The van der Waals surface area contributed by atoms with Gasteiger partial charge in [-0.25, -0.2) is 15.0 Å². The highest BCUT2D eigenvalue weighted by Crippen LogP contribution is 2.38. The molecule has 0 atom stereocenters. The first-order chi connectivity index (χ1) is 23.5. The summed E-state index contributed by atoms with van der Waals surface area (Å²) in [7, 11) is 0. The van der Waals surface area contributed by atoms with Crippen LogP contribution in [0.25, 0.3) is 51.2 Å². The maximum atomic E-state index is 5.12. The molecule has 0 unspecified atom stereocenters. The molecular weight excluding hydrogens is 598 g/mol. The molecule has 0 saturated carbocycles. The molecule has 11 nitrogen and oxygen atoms in total. The quantitative estimate of drug-likeness (QED) is 0.185. The second kappa shape index (κ2) is 12.4. The van der Waals surface area contributed by atoms with Gasteiger partial charge in [-0.05, 0) is 56.2 Å². The molecule has 1 saturated heterocycles. The first-order valence-electron chi connectivity index (χ1n) is 16.2. The van der Waals surface area contributed by atoms with Gasteiger partial charge < -0.3 is 5.32 Å². The third-order valence-corrected chi connectivity index (χ3v) is 8.47. The molecule has 0 spiro atoms. The van der Waals surface area contributed by atoms with E-state index in [2.05, 4.69) is 80.6 Å². The summed E-state index contributed by atoms with van der Waals surface area (Å²) in [6, 6.07) is 30.8. The molecule has 1 fully saturated rings. The Morgan fingerprint density at radius 1 is 0.792 bits per heavy atom. The van der Waals surface area contributed by atoms with Crippen molar-refractivity contribution in [1.82, 2.24) is 49.6 Å². The van der Waals surface area contributed by atoms with Gasteiger partial charge in [0.25, 0.3) is 5.78 Å². The monoisotopic (exact) mass is 633 g/mol. The van der Waals surface area contributed by atoms with Gasteiger partial charge in [0.15, 0.2) is 5.82 Å². The van der Waals surface area contributed by atoms with Crippen LogP contribution in [0.4, 0.5) is 5.82 Å². The molecule has 0 aliphatic carbocycles. The zero-order valence-electron chi connectivity index (χ0n) is 27.0. The summed E-state index contributed by atoms with van der Waals surface area (Å²) in [4.78, 5) is 26.1. The van der Waals surface area contributed by atoms with Crippen molar-refractivity contribution in [2.24, 2.45) is 0 Å². The van der Waals surface area contributed by atoms with E-state index in [1.807, 2.05) is 61.5 Å². The van der Waals surface area contributed by atoms with Gasteiger partial charge in [0, 0.05) is 49.0 Å². The predicted octanol–water partition coefficient (Wildman–Crippen LogP) is 6.43. The number of anilines is 1. The number of nitrogens with zero attached hydrogens (tertiary/aromatic N) is 9. The number of benzene rings is 2. The summed E-state index contributed by atoms with van der Waals surface area (Å²) >= 11 is 0. The number of rotatable bonds is 9. The first-order valence-corrected chi connectivity index (χ1v) is 16.2. The number of hydrogen-bond acceptors (Lipinski definition) is 9. The zero-order valence-corrected chi connectivity index (χ0v) is 27.0. The van der Waals surface area contributed by atoms with Gasteiger partial charge in [0.1, 0.15) is 23.0 Å². The molecule has 6 heterocycles. The molecule has 238 valence electrons. The van der Waals surface area contributed by atoms with Crippen LogP contribution < -0.4 is 5.32 Å². The van der Waals surface area contributed by atoms with Gasteiger partial charge in [0.2, 0.25) is 5.82 Å². The molecule has 8 rings (SSSR count). The highest BCUT2D eigenvalue weighted by Gasteiger charge is 2.31. The van der Waals surface area contributed by atoms with Crippen molar-refractivity contribution in [2.45, 2.75) is 39.3 Å². The molecule has 7 aromatic rings. The summed E-state index contributed by atoms with van der Waals surface area (Å²) in [5.41, 5.74) is 7.56. The van der Waals surface area contributed by atoms with Gasteiger partial charge in [-0.15, -0.1) is 5.10 Å². The predicted molar refractivity (Wildman–Crippen MR) is 186 cm³/mol. The van der Waals surface area contributed by atoms with Gasteiger partial charge in [-0.2, -0.15) is 14.6 Å². The van der Waals surface area contributed by atoms with E-state index in [1.54, 1.807) is 10.7 Å². The third-order valence-electron chi connectivity index (χ3n) is 8.47. The van der Waals surface area contributed by atoms with E-state index in [0.29, 0.717) is 29.0 Å². The number of fused-ring (bicyclic) bond motifs is 1. The Balaban J connectivity index is 1.07. The Labute approximate surface area is 278 Å². The lowest BCUT2D eigenvalue weighted by atomic mass is 9.97. The minimum Gasteiger partial charge on any atom is -0.367 e. The van der Waals surface area contributed by atoms with Gasteiger partial charge in [-0.3, -0.25) is 15.0 Å². The van der Waals surface area contributed by atoms with Crippen molar-refractivity contribution in [3.63, 3.8) is 0 Å². The minimum atomic E-state index is 0.152. The Morgan fingerprint density at radius 3 is 2.33 bits per heavy atom. The molecule has 2 N–H and O–H groups in total. The minimum absolute atomic E-state index is 0.152. The maximum Gasteiger partial charge on any atom is 0.255 e. The fourth-order valence-corrected chi connectivity index (χ4v) is 6.13. The molecule has 5 aromatic heterocycles. The number of hydrogen-bond donors (Lipinski definition) is 2. The van der Waals surface area contributed by atoms with Crippen LogP contribution in [0.15, 0.2) is 97.2 Å². The normalized spacial score (nSPS) is 13.7. The Hall–Kier alpha value is -5.81. The average Bonchev–Trinajstić information content (AvgIpc) is 3.75. The van der Waals surface area contributed by atoms with Gasteiger partial charge in [-0.1, -0.05) is 66.7 Å². The molecule has 2 aromatic carbocycles. The Bertz CT molecular complexity index is 2180. The second-order valence-corrected chi connectivity index (χ2v) is 12.5. The second-order valence-electron chi connectivity index (χ2n) is 12.5. The van der Waals surface area contributed by atoms with Crippen molar-refractivity contribution in [3.05, 3.63) is 114 Å². The number of aromatic nitrogens is 9. The summed E-state index contributed by atoms with van der Waals surface area (Å²) in [6.45, 7) is 8.91. The highest BCUT2D eigenvalue weighted by atomic mass is 15.4. The van der Waals surface area contributed by atoms with Crippen molar-refractivity contribution < 1.29 is 0 Å². The fourth-order valence-electron chi connectivity index (χ4n) is 6.13. The van der Waals surface area contributed by atoms with E-state index in [1.165, 1.54) is 5.56 Å². The van der Waals surface area contributed by atoms with Crippen LogP contribution in [0.1, 0.15) is 36.8 Å². The Kier molecular flexibility index (Phi) is 7.65. The molecule has 0 radical (unpaired) electrons. The number of H-pyrrole nitrogens is 1. The van der Waals surface area contributed by atoms with E-state index < -0.39 is 0 Å². The molecular formula is C37H35N11. The average molecular weight is 634 g/mol. The molecule has 0 amide bonds. The Morgan fingerprint density at radius 2 is 1.58 bits per heavy atom. The van der Waals surface area contributed by atoms with Crippen LogP contribution in [0.5, 0.6) is 0 Å². The van der Waals surface area contributed by atoms with E-state index in [9.17, 15) is 0 Å². The fraction of sp³-hybridized carbons (Fsp3) is 0.216. The highest BCUT2D eigenvalue weighted by molar-refractivity contribution is 5.90. The number of likely N-dealkylation sites (tertiary alicyclic amines) is 1. The topological polar surface area (TPSA) is 126 Å². The van der Waals surface area contributed by atoms with E-state index in [-0.39, 0.29) is 6.04 Å². The van der Waals surface area contributed by atoms with Crippen molar-refractivity contribution in [3.8, 4) is 45.4 Å². The van der Waals surface area contributed by atoms with Crippen molar-refractivity contribution in [2.75, 3.05) is 18.4 Å². The summed E-state index contributed by atoms with van der Waals surface area (Å²) in [5, 5.41) is 16.1. The SMILES string of the molecule is Cc1cccc(-c2n[nH]c(C3CN(Cc4ccc(-c5nc6nc(-c7ccccn7)nn6c(NC(C)C)c5-c5ccccc5)cc4)C3)n2)n1. The molecule has 1 aliphatic rings. The molecule has 48 heavy (non-hydrogen) atoms. The third kappa shape index (κ3) is 5.80. The molecule has 0 bridgehead atoms. The number of aryl methyl sites for hydroxylation is 1. The number of pyridine rings is 2. The van der Waals surface area contributed by atoms with Crippen LogP contribution >= 0.6 is 0 Å². The van der Waals surface area contributed by atoms with E-state index in [4.69, 9.17) is 20.1 Å². The number of aromatic amines is 1. The van der Waals surface area contributed by atoms with Crippen molar-refractivity contribution in [1.29, 1.82) is 0 Å². The van der Waals surface area contributed by atoms with Crippen LogP contribution in [0.3, 0.4) is 0 Å². The van der Waals surface area contributed by atoms with E-state index >= 15 is 0 Å². The zero-order chi connectivity index (χ0) is 32.6. The lowest BCUT2D eigenvalue weighted by Gasteiger charge is -2.38. The lowest BCUT2D eigenvalue weighted by Crippen LogP contribution is -2.44. The van der Waals surface area contributed by atoms with Crippen molar-refractivity contribution >= 4 is 11.6 Å².